The predicted octanol–water partition coefficient (Wildman–Crippen LogP) is 1.38. The molecule has 2 N–H and O–H groups in total. The molecular weight excluding hydrogens is 386 g/mol. The number of amides is 1. The van der Waals surface area contributed by atoms with Gasteiger partial charge in [0.2, 0.25) is 10.0 Å². The molecule has 2 atom stereocenters. The number of esters is 1. The molecule has 0 aliphatic heterocycles. The Balaban J connectivity index is 1.88. The van der Waals surface area contributed by atoms with Gasteiger partial charge in [-0.05, 0) is 33.3 Å². The fraction of sp³-hybridized carbons (Fsp3) is 0.389. The number of carbonyl (C=O) groups is 2. The zero-order valence-corrected chi connectivity index (χ0v) is 16.9. The second-order valence-electron chi connectivity index (χ2n) is 6.30. The van der Waals surface area contributed by atoms with Crippen LogP contribution in [-0.2, 0) is 24.3 Å². The molecule has 0 unspecified atom stereocenters. The Labute approximate surface area is 163 Å². The van der Waals surface area contributed by atoms with Crippen molar-refractivity contribution in [2.75, 3.05) is 6.61 Å². The van der Waals surface area contributed by atoms with Crippen molar-refractivity contribution in [3.8, 4) is 0 Å². The summed E-state index contributed by atoms with van der Waals surface area (Å²) >= 11 is 0. The molecule has 1 aromatic heterocycles. The van der Waals surface area contributed by atoms with Crippen LogP contribution in [-0.4, -0.2) is 38.1 Å². The third-order valence-corrected chi connectivity index (χ3v) is 5.73. The average molecular weight is 409 g/mol. The van der Waals surface area contributed by atoms with Gasteiger partial charge in [0.15, 0.2) is 12.4 Å². The summed E-state index contributed by atoms with van der Waals surface area (Å²) in [6.45, 7) is 5.54. The van der Waals surface area contributed by atoms with Gasteiger partial charge < -0.3 is 14.6 Å². The van der Waals surface area contributed by atoms with E-state index in [4.69, 9.17) is 9.26 Å². The first kappa shape index (κ1) is 21.6. The Morgan fingerprint density at radius 1 is 1.18 bits per heavy atom. The number of aromatic nitrogens is 1. The normalized spacial score (nSPS) is 13.6. The maximum absolute atomic E-state index is 12.4. The van der Waals surface area contributed by atoms with E-state index in [9.17, 15) is 18.0 Å². The third kappa shape index (κ3) is 5.40. The summed E-state index contributed by atoms with van der Waals surface area (Å²) in [6, 6.07) is 7.84. The van der Waals surface area contributed by atoms with E-state index in [1.807, 2.05) is 30.3 Å². The quantitative estimate of drug-likeness (QED) is 0.630. The summed E-state index contributed by atoms with van der Waals surface area (Å²) < 4.78 is 36.7. The van der Waals surface area contributed by atoms with Crippen molar-refractivity contribution >= 4 is 21.9 Å². The standard InChI is InChI=1S/C18H23N3O6S/c1-11(15-8-6-5-7-9-15)19-16(22)10-26-18(23)13(3)21-28(24,25)17-12(2)20-27-14(17)4/h5-9,11,13,21H,10H2,1-4H3,(H,19,22)/t11-,13-/m0/s1. The minimum absolute atomic E-state index is 0.111. The predicted molar refractivity (Wildman–Crippen MR) is 99.7 cm³/mol. The Morgan fingerprint density at radius 2 is 1.82 bits per heavy atom. The molecule has 0 saturated heterocycles. The molecule has 1 aromatic carbocycles. The number of nitrogens with one attached hydrogen (secondary N) is 2. The van der Waals surface area contributed by atoms with Gasteiger partial charge in [0.05, 0.1) is 6.04 Å². The number of sulfonamides is 1. The number of rotatable bonds is 8. The van der Waals surface area contributed by atoms with Crippen LogP contribution in [0, 0.1) is 13.8 Å². The highest BCUT2D eigenvalue weighted by molar-refractivity contribution is 7.89. The number of hydrogen-bond acceptors (Lipinski definition) is 7. The van der Waals surface area contributed by atoms with Gasteiger partial charge >= 0.3 is 5.97 Å². The third-order valence-electron chi connectivity index (χ3n) is 3.94. The van der Waals surface area contributed by atoms with E-state index in [1.165, 1.54) is 20.8 Å². The second kappa shape index (κ2) is 8.98. The van der Waals surface area contributed by atoms with Crippen LogP contribution in [0.25, 0.3) is 0 Å². The molecule has 1 amide bonds. The first-order chi connectivity index (χ1) is 13.1. The highest BCUT2D eigenvalue weighted by Gasteiger charge is 2.29. The lowest BCUT2D eigenvalue weighted by Gasteiger charge is -2.16. The smallest absolute Gasteiger partial charge is 0.324 e. The summed E-state index contributed by atoms with van der Waals surface area (Å²) in [7, 11) is -4.02. The van der Waals surface area contributed by atoms with Crippen molar-refractivity contribution in [1.82, 2.24) is 15.2 Å². The Hall–Kier alpha value is -2.72. The van der Waals surface area contributed by atoms with Crippen LogP contribution in [0.15, 0.2) is 39.8 Å². The molecule has 0 aliphatic rings. The first-order valence-electron chi connectivity index (χ1n) is 8.58. The van der Waals surface area contributed by atoms with E-state index in [1.54, 1.807) is 6.92 Å². The summed E-state index contributed by atoms with van der Waals surface area (Å²) in [5.41, 5.74) is 1.09. The minimum Gasteiger partial charge on any atom is -0.454 e. The maximum atomic E-state index is 12.4. The van der Waals surface area contributed by atoms with Crippen LogP contribution in [0.4, 0.5) is 0 Å². The lowest BCUT2D eigenvalue weighted by atomic mass is 10.1. The molecule has 9 nitrogen and oxygen atoms in total. The van der Waals surface area contributed by atoms with Crippen molar-refractivity contribution in [2.24, 2.45) is 0 Å². The number of ether oxygens (including phenoxy) is 1. The fourth-order valence-electron chi connectivity index (χ4n) is 2.57. The van der Waals surface area contributed by atoms with Crippen LogP contribution >= 0.6 is 0 Å². The second-order valence-corrected chi connectivity index (χ2v) is 7.95. The molecule has 0 radical (unpaired) electrons. The molecule has 0 fully saturated rings. The van der Waals surface area contributed by atoms with Gasteiger partial charge in [0.25, 0.3) is 5.91 Å². The van der Waals surface area contributed by atoms with E-state index < -0.39 is 34.5 Å². The number of benzene rings is 1. The van der Waals surface area contributed by atoms with Crippen molar-refractivity contribution in [3.05, 3.63) is 47.3 Å². The highest BCUT2D eigenvalue weighted by atomic mass is 32.2. The van der Waals surface area contributed by atoms with Gasteiger partial charge in [-0.2, -0.15) is 4.72 Å². The van der Waals surface area contributed by atoms with Crippen molar-refractivity contribution in [3.63, 3.8) is 0 Å². The maximum Gasteiger partial charge on any atom is 0.324 e. The molecule has 0 bridgehead atoms. The molecular formula is C18H23N3O6S. The number of carbonyl (C=O) groups excluding carboxylic acids is 2. The van der Waals surface area contributed by atoms with Crippen LogP contribution in [0.1, 0.15) is 36.9 Å². The molecule has 152 valence electrons. The molecule has 0 spiro atoms. The van der Waals surface area contributed by atoms with Crippen molar-refractivity contribution < 1.29 is 27.3 Å². The van der Waals surface area contributed by atoms with E-state index >= 15 is 0 Å². The van der Waals surface area contributed by atoms with Gasteiger partial charge in [-0.15, -0.1) is 0 Å². The fourth-order valence-corrected chi connectivity index (χ4v) is 4.09. The van der Waals surface area contributed by atoms with Crippen LogP contribution in [0.5, 0.6) is 0 Å². The lowest BCUT2D eigenvalue weighted by Crippen LogP contribution is -2.41. The first-order valence-corrected chi connectivity index (χ1v) is 10.1. The average Bonchev–Trinajstić information content (AvgIpc) is 2.99. The highest BCUT2D eigenvalue weighted by Crippen LogP contribution is 2.19. The van der Waals surface area contributed by atoms with Gasteiger partial charge in [-0.25, -0.2) is 8.42 Å². The zero-order chi connectivity index (χ0) is 20.9. The summed E-state index contributed by atoms with van der Waals surface area (Å²) in [6.07, 6.45) is 0. The Bertz CT molecular complexity index is 920. The Kier molecular flexibility index (Phi) is 6.92. The zero-order valence-electron chi connectivity index (χ0n) is 16.1. The van der Waals surface area contributed by atoms with Gasteiger partial charge in [0.1, 0.15) is 16.6 Å². The molecule has 28 heavy (non-hydrogen) atoms. The molecule has 2 aromatic rings. The van der Waals surface area contributed by atoms with E-state index in [2.05, 4.69) is 15.2 Å². The SMILES string of the molecule is Cc1noc(C)c1S(=O)(=O)N[C@@H](C)C(=O)OCC(=O)N[C@@H](C)c1ccccc1. The summed E-state index contributed by atoms with van der Waals surface area (Å²) in [5, 5.41) is 6.28. The van der Waals surface area contributed by atoms with Crippen molar-refractivity contribution in [1.29, 1.82) is 0 Å². The molecule has 10 heteroatoms. The molecule has 2 rings (SSSR count). The van der Waals surface area contributed by atoms with E-state index in [-0.39, 0.29) is 22.4 Å². The summed E-state index contributed by atoms with van der Waals surface area (Å²) in [4.78, 5) is 23.9. The topological polar surface area (TPSA) is 128 Å². The van der Waals surface area contributed by atoms with Crippen LogP contribution in [0.3, 0.4) is 0 Å². The Morgan fingerprint density at radius 3 is 2.39 bits per heavy atom. The van der Waals surface area contributed by atoms with Crippen LogP contribution < -0.4 is 10.0 Å². The van der Waals surface area contributed by atoms with Gasteiger partial charge in [-0.3, -0.25) is 9.59 Å². The lowest BCUT2D eigenvalue weighted by molar-refractivity contribution is -0.149. The largest absolute Gasteiger partial charge is 0.454 e. The number of aryl methyl sites for hydroxylation is 2. The monoisotopic (exact) mass is 409 g/mol. The molecule has 1 heterocycles. The van der Waals surface area contributed by atoms with Crippen molar-refractivity contribution in [2.45, 2.75) is 44.7 Å². The number of nitrogens with zero attached hydrogens (tertiary/aromatic N) is 1. The van der Waals surface area contributed by atoms with E-state index in [0.29, 0.717) is 0 Å². The van der Waals surface area contributed by atoms with E-state index in [0.717, 1.165) is 5.56 Å². The summed E-state index contributed by atoms with van der Waals surface area (Å²) in [5.74, 6) is -1.26. The van der Waals surface area contributed by atoms with Crippen LogP contribution in [0.2, 0.25) is 0 Å². The minimum atomic E-state index is -4.02. The van der Waals surface area contributed by atoms with Gasteiger partial charge in [-0.1, -0.05) is 35.5 Å². The molecule has 0 saturated carbocycles. The van der Waals surface area contributed by atoms with Gasteiger partial charge in [0, 0.05) is 0 Å². The number of hydrogen-bond donors (Lipinski definition) is 2. The molecule has 0 aliphatic carbocycles.